The highest BCUT2D eigenvalue weighted by atomic mass is 16.3. The highest BCUT2D eigenvalue weighted by Gasteiger charge is 2.32. The topological polar surface area (TPSA) is 45.1 Å². The maximum Gasteiger partial charge on any atom is 0.0702 e. The highest BCUT2D eigenvalue weighted by Crippen LogP contribution is 2.31. The van der Waals surface area contributed by atoms with Gasteiger partial charge in [0.15, 0.2) is 0 Å². The second-order valence-corrected chi connectivity index (χ2v) is 6.50. The minimum Gasteiger partial charge on any atom is -0.394 e. The standard InChI is InChI=1S/C18H24N2O/c1-14-6-8-18(13-21,9-7-14)20-12-15-4-5-17-16(11-15)3-2-10-19-17/h2-5,10-11,14,20-21H,6-9,12-13H2,1H3. The average Bonchev–Trinajstić information content (AvgIpc) is 2.55. The Balaban J connectivity index is 1.70. The Morgan fingerprint density at radius 3 is 2.86 bits per heavy atom. The molecule has 0 saturated heterocycles. The second-order valence-electron chi connectivity index (χ2n) is 6.50. The van der Waals surface area contributed by atoms with Gasteiger partial charge in [-0.05, 0) is 55.4 Å². The van der Waals surface area contributed by atoms with Crippen LogP contribution in [0.5, 0.6) is 0 Å². The lowest BCUT2D eigenvalue weighted by Crippen LogP contribution is -2.50. The van der Waals surface area contributed by atoms with Crippen molar-refractivity contribution >= 4 is 10.9 Å². The second kappa shape index (κ2) is 6.12. The maximum atomic E-state index is 9.81. The summed E-state index contributed by atoms with van der Waals surface area (Å²) in [5.74, 6) is 0.790. The minimum absolute atomic E-state index is 0.0869. The lowest BCUT2D eigenvalue weighted by Gasteiger charge is -2.39. The molecule has 1 aromatic heterocycles. The van der Waals surface area contributed by atoms with E-state index in [9.17, 15) is 5.11 Å². The maximum absolute atomic E-state index is 9.81. The fourth-order valence-corrected chi connectivity index (χ4v) is 3.23. The smallest absolute Gasteiger partial charge is 0.0702 e. The molecule has 3 rings (SSSR count). The van der Waals surface area contributed by atoms with Gasteiger partial charge in [0.25, 0.3) is 0 Å². The molecule has 0 amide bonds. The summed E-state index contributed by atoms with van der Waals surface area (Å²) in [6, 6.07) is 10.4. The molecule has 0 unspecified atom stereocenters. The van der Waals surface area contributed by atoms with E-state index in [4.69, 9.17) is 0 Å². The molecule has 2 aromatic rings. The number of rotatable bonds is 4. The molecule has 0 spiro atoms. The van der Waals surface area contributed by atoms with Crippen LogP contribution in [0.2, 0.25) is 0 Å². The molecular weight excluding hydrogens is 260 g/mol. The summed E-state index contributed by atoms with van der Waals surface area (Å²) >= 11 is 0. The first-order valence-corrected chi connectivity index (χ1v) is 7.90. The Morgan fingerprint density at radius 2 is 2.10 bits per heavy atom. The molecule has 3 nitrogen and oxygen atoms in total. The summed E-state index contributed by atoms with van der Waals surface area (Å²) in [5.41, 5.74) is 2.20. The zero-order valence-electron chi connectivity index (χ0n) is 12.7. The van der Waals surface area contributed by atoms with Gasteiger partial charge < -0.3 is 10.4 Å². The van der Waals surface area contributed by atoms with E-state index in [-0.39, 0.29) is 12.1 Å². The van der Waals surface area contributed by atoms with Crippen LogP contribution in [-0.2, 0) is 6.54 Å². The van der Waals surface area contributed by atoms with Gasteiger partial charge in [0.1, 0.15) is 0 Å². The summed E-state index contributed by atoms with van der Waals surface area (Å²) in [6.45, 7) is 3.34. The van der Waals surface area contributed by atoms with Gasteiger partial charge in [-0.1, -0.05) is 19.1 Å². The first-order valence-electron chi connectivity index (χ1n) is 7.90. The Labute approximate surface area is 126 Å². The summed E-state index contributed by atoms with van der Waals surface area (Å²) in [4.78, 5) is 4.35. The van der Waals surface area contributed by atoms with Crippen molar-refractivity contribution < 1.29 is 5.11 Å². The van der Waals surface area contributed by atoms with E-state index in [1.54, 1.807) is 0 Å². The lowest BCUT2D eigenvalue weighted by molar-refractivity contribution is 0.104. The molecule has 1 aliphatic rings. The number of fused-ring (bicyclic) bond motifs is 1. The number of hydrogen-bond donors (Lipinski definition) is 2. The number of benzene rings is 1. The zero-order chi connectivity index (χ0) is 14.7. The number of aliphatic hydroxyl groups is 1. The van der Waals surface area contributed by atoms with Crippen molar-refractivity contribution in [3.05, 3.63) is 42.1 Å². The first kappa shape index (κ1) is 14.5. The van der Waals surface area contributed by atoms with E-state index in [1.807, 2.05) is 12.3 Å². The first-order chi connectivity index (χ1) is 10.2. The van der Waals surface area contributed by atoms with Crippen LogP contribution >= 0.6 is 0 Å². The quantitative estimate of drug-likeness (QED) is 0.905. The minimum atomic E-state index is -0.0869. The molecule has 0 radical (unpaired) electrons. The van der Waals surface area contributed by atoms with E-state index < -0.39 is 0 Å². The number of nitrogens with zero attached hydrogens (tertiary/aromatic N) is 1. The SMILES string of the molecule is CC1CCC(CO)(NCc2ccc3ncccc3c2)CC1. The van der Waals surface area contributed by atoms with E-state index in [0.717, 1.165) is 30.8 Å². The van der Waals surface area contributed by atoms with Gasteiger partial charge in [-0.3, -0.25) is 4.98 Å². The van der Waals surface area contributed by atoms with Crippen LogP contribution in [0.4, 0.5) is 0 Å². The number of hydrogen-bond acceptors (Lipinski definition) is 3. The molecule has 3 heteroatoms. The summed E-state index contributed by atoms with van der Waals surface area (Å²) < 4.78 is 0. The van der Waals surface area contributed by atoms with Crippen LogP contribution in [0.25, 0.3) is 10.9 Å². The molecule has 1 aliphatic carbocycles. The van der Waals surface area contributed by atoms with E-state index in [0.29, 0.717) is 0 Å². The van der Waals surface area contributed by atoms with Crippen LogP contribution in [0.1, 0.15) is 38.2 Å². The Morgan fingerprint density at radius 1 is 1.29 bits per heavy atom. The van der Waals surface area contributed by atoms with Gasteiger partial charge in [0.2, 0.25) is 0 Å². The zero-order valence-corrected chi connectivity index (χ0v) is 12.7. The molecule has 0 aliphatic heterocycles. The molecule has 1 aromatic carbocycles. The normalized spacial score (nSPS) is 26.1. The fraction of sp³-hybridized carbons (Fsp3) is 0.500. The molecular formula is C18H24N2O. The molecule has 21 heavy (non-hydrogen) atoms. The van der Waals surface area contributed by atoms with E-state index >= 15 is 0 Å². The molecule has 1 heterocycles. The van der Waals surface area contributed by atoms with Crippen molar-refractivity contribution in [3.8, 4) is 0 Å². The van der Waals surface area contributed by atoms with Gasteiger partial charge in [0, 0.05) is 23.7 Å². The Bertz CT molecular complexity index is 603. The van der Waals surface area contributed by atoms with Crippen LogP contribution in [0, 0.1) is 5.92 Å². The van der Waals surface area contributed by atoms with Gasteiger partial charge in [-0.25, -0.2) is 0 Å². The summed E-state index contributed by atoms with van der Waals surface area (Å²) in [7, 11) is 0. The van der Waals surface area contributed by atoms with Crippen molar-refractivity contribution in [2.24, 2.45) is 5.92 Å². The predicted octanol–water partition coefficient (Wildman–Crippen LogP) is 3.27. The third-order valence-corrected chi connectivity index (χ3v) is 4.87. The largest absolute Gasteiger partial charge is 0.394 e. The number of aliphatic hydroxyl groups excluding tert-OH is 1. The van der Waals surface area contributed by atoms with Crippen LogP contribution in [-0.4, -0.2) is 22.2 Å². The van der Waals surface area contributed by atoms with E-state index in [2.05, 4.69) is 41.5 Å². The highest BCUT2D eigenvalue weighted by molar-refractivity contribution is 5.78. The third kappa shape index (κ3) is 3.25. The molecule has 1 fully saturated rings. The predicted molar refractivity (Wildman–Crippen MR) is 86.0 cm³/mol. The molecule has 0 bridgehead atoms. The third-order valence-electron chi connectivity index (χ3n) is 4.87. The van der Waals surface area contributed by atoms with Gasteiger partial charge in [-0.15, -0.1) is 0 Å². The molecule has 1 saturated carbocycles. The summed E-state index contributed by atoms with van der Waals surface area (Å²) in [6.07, 6.45) is 6.37. The monoisotopic (exact) mass is 284 g/mol. The molecule has 2 N–H and O–H groups in total. The van der Waals surface area contributed by atoms with Crippen molar-refractivity contribution in [2.45, 2.75) is 44.7 Å². The average molecular weight is 284 g/mol. The van der Waals surface area contributed by atoms with Crippen molar-refractivity contribution in [1.82, 2.24) is 10.3 Å². The van der Waals surface area contributed by atoms with Crippen LogP contribution in [0.15, 0.2) is 36.5 Å². The number of pyridine rings is 1. The number of nitrogens with one attached hydrogen (secondary N) is 1. The van der Waals surface area contributed by atoms with Crippen LogP contribution in [0.3, 0.4) is 0 Å². The van der Waals surface area contributed by atoms with Crippen molar-refractivity contribution in [2.75, 3.05) is 6.61 Å². The van der Waals surface area contributed by atoms with Gasteiger partial charge in [-0.2, -0.15) is 0 Å². The molecule has 112 valence electrons. The van der Waals surface area contributed by atoms with E-state index in [1.165, 1.54) is 23.8 Å². The van der Waals surface area contributed by atoms with Crippen molar-refractivity contribution in [1.29, 1.82) is 0 Å². The Hall–Kier alpha value is -1.45. The molecule has 0 atom stereocenters. The van der Waals surface area contributed by atoms with Crippen molar-refractivity contribution in [3.63, 3.8) is 0 Å². The summed E-state index contributed by atoms with van der Waals surface area (Å²) in [5, 5.41) is 14.6. The van der Waals surface area contributed by atoms with Crippen LogP contribution < -0.4 is 5.32 Å². The van der Waals surface area contributed by atoms with Gasteiger partial charge >= 0.3 is 0 Å². The Kier molecular flexibility index (Phi) is 4.22. The number of aromatic nitrogens is 1. The lowest BCUT2D eigenvalue weighted by atomic mass is 9.77. The fourth-order valence-electron chi connectivity index (χ4n) is 3.23. The van der Waals surface area contributed by atoms with Gasteiger partial charge in [0.05, 0.1) is 12.1 Å².